The molecular formula is C58H89ClN4O10. The van der Waals surface area contributed by atoms with E-state index in [-0.39, 0.29) is 94.0 Å². The monoisotopic (exact) mass is 1040 g/mol. The molecule has 0 radical (unpaired) electrons. The third-order valence-electron chi connectivity index (χ3n) is 23.1. The van der Waals surface area contributed by atoms with Gasteiger partial charge < -0.3 is 29.5 Å². The second-order valence-electron chi connectivity index (χ2n) is 26.4. The van der Waals surface area contributed by atoms with Crippen molar-refractivity contribution in [1.29, 1.82) is 0 Å². The number of imide groups is 2. The Morgan fingerprint density at radius 3 is 1.27 bits per heavy atom. The van der Waals surface area contributed by atoms with E-state index in [0.29, 0.717) is 50.6 Å². The zero-order valence-electron chi connectivity index (χ0n) is 45.6. The Balaban J connectivity index is 0.000000192. The molecule has 4 amide bonds. The minimum absolute atomic E-state index is 0. The number of allylic oxidation sites excluding steroid dienone is 2. The van der Waals surface area contributed by atoms with Crippen LogP contribution in [0.1, 0.15) is 146 Å². The van der Waals surface area contributed by atoms with Crippen LogP contribution in [0.15, 0.2) is 24.3 Å². The summed E-state index contributed by atoms with van der Waals surface area (Å²) in [7, 11) is 0. The minimum atomic E-state index is -0.719. The third kappa shape index (κ3) is 9.00. The number of rotatable bonds is 6. The number of piperidine rings is 2. The lowest BCUT2D eigenvalue weighted by Crippen LogP contribution is -2.63. The molecule has 4 N–H and O–H groups in total. The first-order valence-corrected chi connectivity index (χ1v) is 28.1. The zero-order valence-corrected chi connectivity index (χ0v) is 46.4. The largest absolute Gasteiger partial charge is 0.445 e. The van der Waals surface area contributed by atoms with Crippen LogP contribution in [0, 0.1) is 91.7 Å². The van der Waals surface area contributed by atoms with Crippen molar-refractivity contribution in [1.82, 2.24) is 20.4 Å². The van der Waals surface area contributed by atoms with Gasteiger partial charge >= 0.3 is 12.2 Å². The quantitative estimate of drug-likeness (QED) is 0.186. The molecule has 10 aliphatic rings. The number of aliphatic hydroxyl groups is 2. The Morgan fingerprint density at radius 2 is 0.959 bits per heavy atom. The normalized spacial score (nSPS) is 49.3. The summed E-state index contributed by atoms with van der Waals surface area (Å²) in [5.41, 5.74) is -2.98. The van der Waals surface area contributed by atoms with Gasteiger partial charge in [-0.1, -0.05) is 79.7 Å². The summed E-state index contributed by atoms with van der Waals surface area (Å²) < 4.78 is 12.4. The molecule has 0 aromatic heterocycles. The third-order valence-corrected chi connectivity index (χ3v) is 23.1. The van der Waals surface area contributed by atoms with Gasteiger partial charge in [-0.15, -0.1) is 12.4 Å². The second kappa shape index (κ2) is 20.3. The molecule has 10 fully saturated rings. The molecule has 10 rings (SSSR count). The molecule has 6 saturated carbocycles. The van der Waals surface area contributed by atoms with Crippen LogP contribution in [0.4, 0.5) is 9.59 Å². The summed E-state index contributed by atoms with van der Waals surface area (Å²) in [5, 5.41) is 28.6. The van der Waals surface area contributed by atoms with Crippen LogP contribution in [0.25, 0.3) is 0 Å². The summed E-state index contributed by atoms with van der Waals surface area (Å²) in [4.78, 5) is 84.0. The highest BCUT2D eigenvalue weighted by atomic mass is 35.5. The number of hydrogen-bond acceptors (Lipinski definition) is 12. The van der Waals surface area contributed by atoms with Crippen molar-refractivity contribution < 1.29 is 48.5 Å². The number of aliphatic hydroxyl groups excluding tert-OH is 2. The number of Topliss-reactive ketones (excluding diaryl/α,β-unsaturated/α-hetero) is 2. The van der Waals surface area contributed by atoms with Crippen LogP contribution in [0.5, 0.6) is 0 Å². The van der Waals surface area contributed by atoms with Crippen LogP contribution in [0.3, 0.4) is 0 Å². The summed E-state index contributed by atoms with van der Waals surface area (Å²) in [6.45, 7) is 26.1. The Labute approximate surface area is 441 Å². The number of carbonyl (C=O) groups is 6. The van der Waals surface area contributed by atoms with Crippen molar-refractivity contribution in [2.24, 2.45) is 91.7 Å². The van der Waals surface area contributed by atoms with Crippen LogP contribution in [-0.4, -0.2) is 119 Å². The van der Waals surface area contributed by atoms with E-state index < -0.39 is 58.3 Å². The Morgan fingerprint density at radius 1 is 0.589 bits per heavy atom. The standard InChI is InChI=1S/2C29H44N2O5.ClH/c2*1-6-10-27(4)14-22(36-26(35)30-25(34)20-16-31-13-9-19(20)15-31)28(5)17(2)7-11-29(18(3)24(27)33)12-8-21(32)23(28)29;/h2*6,10,17-20,22-24,33H,7-9,11-16H2,1-5H3,(H,30,34,35);1H/t2*17-,18+,19-,20+,22-,23?,24+,27-,28+,29?;/m11./s1. The van der Waals surface area contributed by atoms with Gasteiger partial charge in [0.05, 0.1) is 24.0 Å². The number of ether oxygens (including phenoxy) is 2. The summed E-state index contributed by atoms with van der Waals surface area (Å²) in [6.07, 6.45) is 13.1. The molecule has 22 atom stereocenters. The van der Waals surface area contributed by atoms with E-state index in [1.165, 1.54) is 0 Å². The fraction of sp³-hybridized carbons (Fsp3) is 0.828. The van der Waals surface area contributed by atoms with Gasteiger partial charge in [0.2, 0.25) is 11.8 Å². The van der Waals surface area contributed by atoms with Crippen LogP contribution in [-0.2, 0) is 28.7 Å². The molecule has 0 aromatic rings. The molecule has 6 unspecified atom stereocenters. The molecule has 6 aliphatic carbocycles. The van der Waals surface area contributed by atoms with Crippen molar-refractivity contribution in [3.8, 4) is 0 Å². The van der Waals surface area contributed by atoms with Crippen LogP contribution in [0.2, 0.25) is 0 Å². The smallest absolute Gasteiger partial charge is 0.414 e. The molecule has 4 heterocycles. The Kier molecular flexibility index (Phi) is 15.6. The maximum atomic E-state index is 13.5. The molecule has 73 heavy (non-hydrogen) atoms. The lowest BCUT2D eigenvalue weighted by molar-refractivity contribution is -0.191. The molecule has 8 bridgehead atoms. The van der Waals surface area contributed by atoms with E-state index in [4.69, 9.17) is 9.47 Å². The number of carbonyl (C=O) groups excluding carboxylic acids is 6. The van der Waals surface area contributed by atoms with Gasteiger partial charge in [0.1, 0.15) is 23.8 Å². The van der Waals surface area contributed by atoms with E-state index in [2.05, 4.69) is 62.0 Å². The van der Waals surface area contributed by atoms with E-state index in [1.807, 2.05) is 52.0 Å². The molecule has 15 heteroatoms. The zero-order chi connectivity index (χ0) is 52.1. The topological polar surface area (TPSA) is 192 Å². The summed E-state index contributed by atoms with van der Waals surface area (Å²) in [5.74, 6) is -0.0601. The first-order chi connectivity index (χ1) is 33.9. The molecule has 0 spiro atoms. The van der Waals surface area contributed by atoms with Gasteiger partial charge in [-0.3, -0.25) is 29.8 Å². The van der Waals surface area contributed by atoms with E-state index in [1.54, 1.807) is 0 Å². The minimum Gasteiger partial charge on any atom is -0.445 e. The summed E-state index contributed by atoms with van der Waals surface area (Å²) >= 11 is 0. The molecule has 4 aliphatic heterocycles. The van der Waals surface area contributed by atoms with Gasteiger partial charge in [-0.05, 0) is 137 Å². The van der Waals surface area contributed by atoms with Gasteiger partial charge in [0.15, 0.2) is 0 Å². The molecule has 0 aromatic carbocycles. The Hall–Kier alpha value is -3.17. The second-order valence-corrected chi connectivity index (χ2v) is 26.4. The first kappa shape index (κ1) is 56.0. The molecule has 408 valence electrons. The number of fused-ring (bicyclic) bond motifs is 4. The number of nitrogens with zero attached hydrogens (tertiary/aromatic N) is 2. The molecule has 14 nitrogen and oxygen atoms in total. The van der Waals surface area contributed by atoms with E-state index >= 15 is 0 Å². The Bertz CT molecular complexity index is 2090. The first-order valence-electron chi connectivity index (χ1n) is 28.1. The van der Waals surface area contributed by atoms with Crippen LogP contribution >= 0.6 is 12.4 Å². The van der Waals surface area contributed by atoms with Gasteiger partial charge in [0.25, 0.3) is 0 Å². The van der Waals surface area contributed by atoms with Crippen LogP contribution < -0.4 is 10.6 Å². The van der Waals surface area contributed by atoms with Crippen molar-refractivity contribution in [3.05, 3.63) is 24.3 Å². The van der Waals surface area contributed by atoms with Gasteiger partial charge in [0, 0.05) is 72.5 Å². The SMILES string of the molecule is CC=C[C@]1(C)C[C@@H](OC(=O)NC(=O)[C@H]2CN3CC[C@@H]2C3)[C@@]2(C)C3C(=O)CCC3(CC[C@H]2C)[C@@H](C)[C@@H]1O.CC=C[C@]1(C)C[C@@H](OC(=O)NC(=O)[C@H]2CN3CC[C@@H]2C3)[C@@]2(C)C3C(=O)CCC3(CC[C@H]2C)[C@@H](C)[C@@H]1O.Cl. The number of nitrogens with one attached hydrogen (secondary N) is 2. The molecular weight excluding hydrogens is 948 g/mol. The predicted octanol–water partition coefficient (Wildman–Crippen LogP) is 8.31. The van der Waals surface area contributed by atoms with Crippen molar-refractivity contribution in [2.75, 3.05) is 39.3 Å². The number of alkyl carbamates (subject to hydrolysis) is 2. The van der Waals surface area contributed by atoms with E-state index in [9.17, 15) is 39.0 Å². The van der Waals surface area contributed by atoms with Crippen molar-refractivity contribution in [2.45, 2.75) is 171 Å². The average molecular weight is 1040 g/mol. The highest BCUT2D eigenvalue weighted by Gasteiger charge is 2.70. The number of amides is 4. The average Bonchev–Trinajstić information content (AvgIpc) is 4.22. The number of hydrogen-bond donors (Lipinski definition) is 4. The summed E-state index contributed by atoms with van der Waals surface area (Å²) in [6, 6.07) is 0. The fourth-order valence-corrected chi connectivity index (χ4v) is 18.6. The number of halogens is 1. The highest BCUT2D eigenvalue weighted by molar-refractivity contribution is 5.94. The lowest BCUT2D eigenvalue weighted by Gasteiger charge is -2.61. The maximum absolute atomic E-state index is 13.5. The van der Waals surface area contributed by atoms with Gasteiger partial charge in [-0.25, -0.2) is 9.59 Å². The van der Waals surface area contributed by atoms with Gasteiger partial charge in [-0.2, -0.15) is 0 Å². The highest BCUT2D eigenvalue weighted by Crippen LogP contribution is 2.70. The predicted molar refractivity (Wildman–Crippen MR) is 279 cm³/mol. The fourth-order valence-electron chi connectivity index (χ4n) is 18.6. The molecule has 4 saturated heterocycles. The van der Waals surface area contributed by atoms with E-state index in [0.717, 1.165) is 77.5 Å². The van der Waals surface area contributed by atoms with Crippen molar-refractivity contribution in [3.63, 3.8) is 0 Å². The van der Waals surface area contributed by atoms with Crippen molar-refractivity contribution >= 4 is 48.0 Å². The lowest BCUT2D eigenvalue weighted by atomic mass is 9.44. The maximum Gasteiger partial charge on any atom is 0.414 e. The number of ketones is 2.